The number of thioether (sulfide) groups is 1. The Labute approximate surface area is 104 Å². The molecule has 17 heavy (non-hydrogen) atoms. The summed E-state index contributed by atoms with van der Waals surface area (Å²) in [7, 11) is 0. The summed E-state index contributed by atoms with van der Waals surface area (Å²) in [5.41, 5.74) is 1.39. The number of carboxylic acids is 1. The van der Waals surface area contributed by atoms with Crippen LogP contribution in [-0.4, -0.2) is 45.7 Å². The fraction of sp³-hybridized carbons (Fsp3) is 0.636. The van der Waals surface area contributed by atoms with Crippen LogP contribution in [-0.2, 0) is 4.79 Å². The third-order valence-electron chi connectivity index (χ3n) is 3.01. The molecule has 0 amide bonds. The fourth-order valence-corrected chi connectivity index (χ4v) is 3.11. The molecule has 2 heterocycles. The molecule has 1 N–H and O–H groups in total. The molecule has 0 bridgehead atoms. The maximum absolute atomic E-state index is 11.5. The summed E-state index contributed by atoms with van der Waals surface area (Å²) >= 11 is 1.86. The Kier molecular flexibility index (Phi) is 3.73. The third-order valence-corrected chi connectivity index (χ3v) is 3.95. The monoisotopic (exact) mass is 256 g/mol. The van der Waals surface area contributed by atoms with E-state index in [0.717, 1.165) is 24.6 Å². The number of carboxylic acid groups (broad SMARTS) is 1. The van der Waals surface area contributed by atoms with E-state index in [1.807, 2.05) is 16.7 Å². The molecule has 2 rings (SSSR count). The van der Waals surface area contributed by atoms with E-state index < -0.39 is 12.0 Å². The minimum Gasteiger partial charge on any atom is -0.480 e. The molecular weight excluding hydrogens is 240 g/mol. The average molecular weight is 256 g/mol. The van der Waals surface area contributed by atoms with Crippen molar-refractivity contribution in [3.63, 3.8) is 0 Å². The van der Waals surface area contributed by atoms with Crippen molar-refractivity contribution in [2.24, 2.45) is 0 Å². The van der Waals surface area contributed by atoms with Crippen LogP contribution in [0, 0.1) is 13.8 Å². The van der Waals surface area contributed by atoms with E-state index in [-0.39, 0.29) is 0 Å². The summed E-state index contributed by atoms with van der Waals surface area (Å²) in [5, 5.41) is 13.3. The van der Waals surface area contributed by atoms with Gasteiger partial charge in [0, 0.05) is 30.2 Å². The Morgan fingerprint density at radius 1 is 1.47 bits per heavy atom. The first kappa shape index (κ1) is 12.4. The highest BCUT2D eigenvalue weighted by atomic mass is 32.2. The average Bonchev–Trinajstić information content (AvgIpc) is 2.62. The van der Waals surface area contributed by atoms with Crippen LogP contribution in [0.5, 0.6) is 0 Å². The fourth-order valence-electron chi connectivity index (χ4n) is 2.18. The predicted octanol–water partition coefficient (Wildman–Crippen LogP) is 1.47. The molecule has 1 aliphatic heterocycles. The quantitative estimate of drug-likeness (QED) is 0.883. The smallest absolute Gasteiger partial charge is 0.325 e. The topological polar surface area (TPSA) is 66.6 Å². The summed E-state index contributed by atoms with van der Waals surface area (Å²) in [6.07, 6.45) is 0. The van der Waals surface area contributed by atoms with Gasteiger partial charge >= 0.3 is 5.97 Å². The molecule has 94 valence electrons. The molecular formula is C11H16N2O3S. The van der Waals surface area contributed by atoms with E-state index in [2.05, 4.69) is 5.16 Å². The second-order valence-electron chi connectivity index (χ2n) is 4.13. The Morgan fingerprint density at radius 3 is 2.59 bits per heavy atom. The molecule has 1 aliphatic rings. The minimum absolute atomic E-state index is 0.605. The van der Waals surface area contributed by atoms with Crippen LogP contribution >= 0.6 is 11.8 Å². The van der Waals surface area contributed by atoms with Crippen LogP contribution in [0.15, 0.2) is 4.52 Å². The van der Waals surface area contributed by atoms with E-state index in [1.165, 1.54) is 0 Å². The first-order chi connectivity index (χ1) is 8.11. The van der Waals surface area contributed by atoms with Gasteiger partial charge in [0.2, 0.25) is 0 Å². The molecule has 0 saturated carbocycles. The number of hydrogen-bond donors (Lipinski definition) is 1. The highest BCUT2D eigenvalue weighted by Crippen LogP contribution is 2.29. The molecule has 6 heteroatoms. The summed E-state index contributed by atoms with van der Waals surface area (Å²) < 4.78 is 5.07. The zero-order valence-electron chi connectivity index (χ0n) is 9.97. The van der Waals surface area contributed by atoms with Gasteiger partial charge in [0.15, 0.2) is 0 Å². The van der Waals surface area contributed by atoms with E-state index in [1.54, 1.807) is 13.8 Å². The van der Waals surface area contributed by atoms with Crippen LogP contribution in [0.25, 0.3) is 0 Å². The molecule has 5 nitrogen and oxygen atoms in total. The van der Waals surface area contributed by atoms with Crippen LogP contribution in [0.4, 0.5) is 0 Å². The van der Waals surface area contributed by atoms with Crippen molar-refractivity contribution < 1.29 is 14.4 Å². The number of hydrogen-bond acceptors (Lipinski definition) is 5. The maximum atomic E-state index is 11.5. The Morgan fingerprint density at radius 2 is 2.12 bits per heavy atom. The van der Waals surface area contributed by atoms with E-state index in [0.29, 0.717) is 17.0 Å². The van der Waals surface area contributed by atoms with Crippen molar-refractivity contribution in [1.82, 2.24) is 10.1 Å². The van der Waals surface area contributed by atoms with E-state index >= 15 is 0 Å². The van der Waals surface area contributed by atoms with Gasteiger partial charge in [-0.1, -0.05) is 5.16 Å². The van der Waals surface area contributed by atoms with Gasteiger partial charge in [0.25, 0.3) is 0 Å². The normalized spacial score (nSPS) is 19.2. The zero-order valence-corrected chi connectivity index (χ0v) is 10.8. The molecule has 1 saturated heterocycles. The zero-order chi connectivity index (χ0) is 12.4. The van der Waals surface area contributed by atoms with Crippen molar-refractivity contribution in [2.45, 2.75) is 19.9 Å². The van der Waals surface area contributed by atoms with Gasteiger partial charge < -0.3 is 9.63 Å². The van der Waals surface area contributed by atoms with Crippen molar-refractivity contribution in [1.29, 1.82) is 0 Å². The standard InChI is InChI=1S/C11H16N2O3S/c1-7-9(8(2)16-12-7)10(11(14)15)13-3-5-17-6-4-13/h10H,3-6H2,1-2H3,(H,14,15)/t10-/m0/s1. The summed E-state index contributed by atoms with van der Waals surface area (Å²) in [5.74, 6) is 1.74. The second kappa shape index (κ2) is 5.10. The second-order valence-corrected chi connectivity index (χ2v) is 5.35. The summed E-state index contributed by atoms with van der Waals surface area (Å²) in [4.78, 5) is 13.5. The highest BCUT2D eigenvalue weighted by molar-refractivity contribution is 7.99. The summed E-state index contributed by atoms with van der Waals surface area (Å²) in [6.45, 7) is 5.15. The van der Waals surface area contributed by atoms with Gasteiger partial charge in [-0.15, -0.1) is 0 Å². The van der Waals surface area contributed by atoms with Gasteiger partial charge in [-0.25, -0.2) is 0 Å². The van der Waals surface area contributed by atoms with Crippen LogP contribution in [0.3, 0.4) is 0 Å². The molecule has 1 aromatic heterocycles. The number of rotatable bonds is 3. The summed E-state index contributed by atoms with van der Waals surface area (Å²) in [6, 6.07) is -0.623. The van der Waals surface area contributed by atoms with Gasteiger partial charge in [0.05, 0.1) is 5.69 Å². The van der Waals surface area contributed by atoms with Gasteiger partial charge in [-0.3, -0.25) is 9.69 Å². The molecule has 1 aromatic rings. The lowest BCUT2D eigenvalue weighted by Gasteiger charge is -2.31. The first-order valence-electron chi connectivity index (χ1n) is 5.58. The van der Waals surface area contributed by atoms with Crippen LogP contribution in [0.2, 0.25) is 0 Å². The van der Waals surface area contributed by atoms with Gasteiger partial charge in [-0.05, 0) is 13.8 Å². The molecule has 0 spiro atoms. The maximum Gasteiger partial charge on any atom is 0.325 e. The van der Waals surface area contributed by atoms with Crippen molar-refractivity contribution in [3.05, 3.63) is 17.0 Å². The van der Waals surface area contributed by atoms with Crippen molar-refractivity contribution >= 4 is 17.7 Å². The largest absolute Gasteiger partial charge is 0.480 e. The van der Waals surface area contributed by atoms with E-state index in [9.17, 15) is 9.90 Å². The third kappa shape index (κ3) is 2.47. The first-order valence-corrected chi connectivity index (χ1v) is 6.74. The SMILES string of the molecule is Cc1noc(C)c1[C@@H](C(=O)O)N1CCSCC1. The lowest BCUT2D eigenvalue weighted by Crippen LogP contribution is -2.40. The van der Waals surface area contributed by atoms with Gasteiger partial charge in [0.1, 0.15) is 11.8 Å². The Balaban J connectivity index is 2.31. The lowest BCUT2D eigenvalue weighted by molar-refractivity contribution is -0.143. The number of aromatic nitrogens is 1. The molecule has 0 radical (unpaired) electrons. The Bertz CT molecular complexity index is 393. The number of nitrogens with zero attached hydrogens (tertiary/aromatic N) is 2. The minimum atomic E-state index is -0.827. The molecule has 1 atom stereocenters. The molecule has 0 aromatic carbocycles. The number of carbonyl (C=O) groups is 1. The van der Waals surface area contributed by atoms with Gasteiger partial charge in [-0.2, -0.15) is 11.8 Å². The van der Waals surface area contributed by atoms with Crippen LogP contribution < -0.4 is 0 Å². The molecule has 1 fully saturated rings. The predicted molar refractivity (Wildman–Crippen MR) is 65.3 cm³/mol. The molecule has 0 unspecified atom stereocenters. The molecule has 0 aliphatic carbocycles. The van der Waals surface area contributed by atoms with Crippen molar-refractivity contribution in [2.75, 3.05) is 24.6 Å². The van der Waals surface area contributed by atoms with E-state index in [4.69, 9.17) is 4.52 Å². The number of aryl methyl sites for hydroxylation is 2. The Hall–Kier alpha value is -1.01. The van der Waals surface area contributed by atoms with Crippen LogP contribution in [0.1, 0.15) is 23.1 Å². The van der Waals surface area contributed by atoms with Crippen molar-refractivity contribution in [3.8, 4) is 0 Å². The highest BCUT2D eigenvalue weighted by Gasteiger charge is 2.33. The lowest BCUT2D eigenvalue weighted by atomic mass is 10.0. The number of aliphatic carboxylic acids is 1.